The van der Waals surface area contributed by atoms with Crippen LogP contribution in [0, 0.1) is 6.92 Å². The summed E-state index contributed by atoms with van der Waals surface area (Å²) < 4.78 is 11.6. The standard InChI is InChI=1S/C18H22N4O7/c1-3-28-6-4-5-20-10-21(8-12-7-11(2)29-19-12)22-9-13(18(26)27)15(23)16(24)14(22)17(20)25/h7,9,24H,3-6,8,10H2,1-2H3,(H,26,27). The Balaban J connectivity index is 2.00. The van der Waals surface area contributed by atoms with Crippen LogP contribution in [-0.2, 0) is 11.3 Å². The van der Waals surface area contributed by atoms with Crippen LogP contribution in [0.2, 0.25) is 0 Å². The molecule has 2 N–H and O–H groups in total. The second kappa shape index (κ2) is 8.35. The number of pyridine rings is 1. The van der Waals surface area contributed by atoms with E-state index >= 15 is 0 Å². The number of ether oxygens (including phenoxy) is 1. The van der Waals surface area contributed by atoms with Crippen molar-refractivity contribution in [2.45, 2.75) is 26.8 Å². The van der Waals surface area contributed by atoms with Crippen LogP contribution in [0.5, 0.6) is 5.75 Å². The molecule has 0 atom stereocenters. The van der Waals surface area contributed by atoms with E-state index in [-0.39, 0.29) is 18.9 Å². The summed E-state index contributed by atoms with van der Waals surface area (Å²) in [5, 5.41) is 25.1. The molecule has 11 nitrogen and oxygen atoms in total. The first kappa shape index (κ1) is 20.4. The van der Waals surface area contributed by atoms with Crippen LogP contribution < -0.4 is 10.4 Å². The van der Waals surface area contributed by atoms with Crippen molar-refractivity contribution in [1.82, 2.24) is 14.7 Å². The van der Waals surface area contributed by atoms with Crippen LogP contribution in [-0.4, -0.2) is 63.2 Å². The van der Waals surface area contributed by atoms with E-state index in [9.17, 15) is 24.6 Å². The summed E-state index contributed by atoms with van der Waals surface area (Å²) in [6, 6.07) is 1.70. The average Bonchev–Trinajstić information content (AvgIpc) is 3.08. The van der Waals surface area contributed by atoms with Crippen molar-refractivity contribution < 1.29 is 29.1 Å². The van der Waals surface area contributed by atoms with Crippen LogP contribution >= 0.6 is 0 Å². The molecular formula is C18H22N4O7. The number of carbonyl (C=O) groups excluding carboxylic acids is 1. The van der Waals surface area contributed by atoms with E-state index in [4.69, 9.17) is 9.26 Å². The van der Waals surface area contributed by atoms with E-state index in [1.54, 1.807) is 18.0 Å². The topological polar surface area (TPSA) is 138 Å². The van der Waals surface area contributed by atoms with E-state index in [1.165, 1.54) is 9.58 Å². The van der Waals surface area contributed by atoms with Crippen molar-refractivity contribution in [2.75, 3.05) is 31.4 Å². The number of hydrogen-bond acceptors (Lipinski definition) is 8. The maximum atomic E-state index is 12.9. The molecule has 1 aliphatic rings. The van der Waals surface area contributed by atoms with Gasteiger partial charge in [0.2, 0.25) is 5.43 Å². The SMILES string of the molecule is CCOCCCN1CN(Cc2cc(C)on2)n2cc(C(=O)O)c(=O)c(O)c2C1=O. The normalized spacial score (nSPS) is 13.7. The van der Waals surface area contributed by atoms with Gasteiger partial charge in [-0.1, -0.05) is 5.16 Å². The molecule has 3 rings (SSSR count). The Hall–Kier alpha value is -3.34. The monoisotopic (exact) mass is 406 g/mol. The second-order valence-electron chi connectivity index (χ2n) is 6.57. The molecule has 0 unspecified atom stereocenters. The van der Waals surface area contributed by atoms with Crippen molar-refractivity contribution in [2.24, 2.45) is 0 Å². The Kier molecular flexibility index (Phi) is 5.87. The van der Waals surface area contributed by atoms with Gasteiger partial charge in [0.15, 0.2) is 11.4 Å². The fraction of sp³-hybridized carbons (Fsp3) is 0.444. The lowest BCUT2D eigenvalue weighted by atomic mass is 10.2. The fourth-order valence-corrected chi connectivity index (χ4v) is 3.12. The molecule has 0 aliphatic carbocycles. The number of amides is 1. The second-order valence-corrected chi connectivity index (χ2v) is 6.57. The fourth-order valence-electron chi connectivity index (χ4n) is 3.12. The Bertz CT molecular complexity index is 981. The van der Waals surface area contributed by atoms with Crippen molar-refractivity contribution in [3.05, 3.63) is 45.2 Å². The zero-order valence-corrected chi connectivity index (χ0v) is 16.1. The van der Waals surface area contributed by atoms with Crippen molar-refractivity contribution >= 4 is 11.9 Å². The summed E-state index contributed by atoms with van der Waals surface area (Å²) >= 11 is 0. The highest BCUT2D eigenvalue weighted by atomic mass is 16.5. The Labute approximate surface area is 165 Å². The van der Waals surface area contributed by atoms with E-state index < -0.39 is 28.6 Å². The van der Waals surface area contributed by atoms with Gasteiger partial charge in [0.1, 0.15) is 23.7 Å². The number of hydrogen-bond donors (Lipinski definition) is 2. The minimum Gasteiger partial charge on any atom is -0.502 e. The third-order valence-corrected chi connectivity index (χ3v) is 4.47. The minimum atomic E-state index is -1.50. The van der Waals surface area contributed by atoms with Crippen LogP contribution in [0.25, 0.3) is 0 Å². The third kappa shape index (κ3) is 4.09. The highest BCUT2D eigenvalue weighted by Crippen LogP contribution is 2.22. The number of carboxylic acids is 1. The number of nitrogens with zero attached hydrogens (tertiary/aromatic N) is 4. The predicted molar refractivity (Wildman–Crippen MR) is 99.5 cm³/mol. The smallest absolute Gasteiger partial charge is 0.341 e. The van der Waals surface area contributed by atoms with Crippen LogP contribution in [0.4, 0.5) is 0 Å². The molecule has 0 saturated carbocycles. The number of aromatic carboxylic acids is 1. The molecule has 2 aromatic rings. The van der Waals surface area contributed by atoms with Gasteiger partial charge in [-0.2, -0.15) is 0 Å². The maximum Gasteiger partial charge on any atom is 0.341 e. The number of aromatic nitrogens is 2. The van der Waals surface area contributed by atoms with Gasteiger partial charge in [-0.3, -0.25) is 19.3 Å². The van der Waals surface area contributed by atoms with Crippen LogP contribution in [0.3, 0.4) is 0 Å². The van der Waals surface area contributed by atoms with Gasteiger partial charge in [0, 0.05) is 32.0 Å². The van der Waals surface area contributed by atoms with Gasteiger partial charge in [0.25, 0.3) is 5.91 Å². The molecule has 156 valence electrons. The summed E-state index contributed by atoms with van der Waals surface area (Å²) in [5.74, 6) is -2.37. The van der Waals surface area contributed by atoms with Gasteiger partial charge in [0.05, 0.1) is 6.54 Å². The maximum absolute atomic E-state index is 12.9. The summed E-state index contributed by atoms with van der Waals surface area (Å²) in [6.07, 6.45) is 1.61. The van der Waals surface area contributed by atoms with Crippen molar-refractivity contribution in [3.8, 4) is 5.75 Å². The molecule has 0 bridgehead atoms. The van der Waals surface area contributed by atoms with Gasteiger partial charge < -0.3 is 24.4 Å². The molecule has 1 aliphatic heterocycles. The number of carbonyl (C=O) groups is 2. The molecular weight excluding hydrogens is 384 g/mol. The number of fused-ring (bicyclic) bond motifs is 1. The molecule has 0 spiro atoms. The predicted octanol–water partition coefficient (Wildman–Crippen LogP) is 0.527. The van der Waals surface area contributed by atoms with Crippen LogP contribution in [0.15, 0.2) is 21.6 Å². The zero-order valence-electron chi connectivity index (χ0n) is 16.1. The summed E-state index contributed by atoms with van der Waals surface area (Å²) in [4.78, 5) is 38.0. The summed E-state index contributed by atoms with van der Waals surface area (Å²) in [6.45, 7) is 5.22. The van der Waals surface area contributed by atoms with Crippen molar-refractivity contribution in [3.63, 3.8) is 0 Å². The minimum absolute atomic E-state index is 0.102. The average molecular weight is 406 g/mol. The molecule has 0 saturated heterocycles. The lowest BCUT2D eigenvalue weighted by Crippen LogP contribution is -2.54. The highest BCUT2D eigenvalue weighted by molar-refractivity contribution is 5.97. The lowest BCUT2D eigenvalue weighted by Gasteiger charge is -2.39. The number of carboxylic acid groups (broad SMARTS) is 1. The Morgan fingerprint density at radius 2 is 2.14 bits per heavy atom. The lowest BCUT2D eigenvalue weighted by molar-refractivity contribution is 0.0641. The number of aromatic hydroxyl groups is 1. The number of aryl methyl sites for hydroxylation is 1. The van der Waals surface area contributed by atoms with E-state index in [0.29, 0.717) is 37.6 Å². The third-order valence-electron chi connectivity index (χ3n) is 4.47. The van der Waals surface area contributed by atoms with Crippen LogP contribution in [0.1, 0.15) is 45.6 Å². The molecule has 1 amide bonds. The van der Waals surface area contributed by atoms with Gasteiger partial charge in [-0.05, 0) is 20.3 Å². The summed E-state index contributed by atoms with van der Waals surface area (Å²) in [7, 11) is 0. The molecule has 0 radical (unpaired) electrons. The number of rotatable bonds is 8. The van der Waals surface area contributed by atoms with E-state index in [1.807, 2.05) is 6.92 Å². The zero-order chi connectivity index (χ0) is 21.1. The molecule has 3 heterocycles. The summed E-state index contributed by atoms with van der Waals surface area (Å²) in [5.41, 5.74) is -1.48. The highest BCUT2D eigenvalue weighted by Gasteiger charge is 2.34. The molecule has 0 aromatic carbocycles. The molecule has 0 fully saturated rings. The Morgan fingerprint density at radius 1 is 1.38 bits per heavy atom. The first-order chi connectivity index (χ1) is 13.8. The molecule has 11 heteroatoms. The van der Waals surface area contributed by atoms with Gasteiger partial charge in [-0.25, -0.2) is 4.79 Å². The van der Waals surface area contributed by atoms with Crippen molar-refractivity contribution in [1.29, 1.82) is 0 Å². The van der Waals surface area contributed by atoms with Gasteiger partial charge >= 0.3 is 5.97 Å². The quantitative estimate of drug-likeness (QED) is 0.601. The molecule has 2 aromatic heterocycles. The van der Waals surface area contributed by atoms with Gasteiger partial charge in [-0.15, -0.1) is 0 Å². The first-order valence-electron chi connectivity index (χ1n) is 9.09. The first-order valence-corrected chi connectivity index (χ1v) is 9.09. The largest absolute Gasteiger partial charge is 0.502 e. The molecule has 29 heavy (non-hydrogen) atoms. The van der Waals surface area contributed by atoms with E-state index in [0.717, 1.165) is 6.20 Å². The van der Waals surface area contributed by atoms with E-state index in [2.05, 4.69) is 5.16 Å². The Morgan fingerprint density at radius 3 is 2.76 bits per heavy atom.